The Kier molecular flexibility index (Phi) is 9.77. The Hall–Kier alpha value is -1.56. The monoisotopic (exact) mass is 507 g/mol. The minimum Gasteiger partial charge on any atom is -0.466 e. The van der Waals surface area contributed by atoms with Crippen molar-refractivity contribution < 1.29 is 22.7 Å². The van der Waals surface area contributed by atoms with Crippen molar-refractivity contribution in [1.82, 2.24) is 4.90 Å². The van der Waals surface area contributed by atoms with Gasteiger partial charge in [-0.05, 0) is 80.9 Å². The molecule has 1 aromatic rings. The SMILES string of the molecule is CCOC(=O)C[C@H]1CC[C@@H](N(CC2CCCCC2)CC2CCCCC2)[C@@H]1c1ccc(C(F)(F)F)cc1. The molecule has 0 saturated heterocycles. The number of hydrogen-bond acceptors (Lipinski definition) is 3. The lowest BCUT2D eigenvalue weighted by Gasteiger charge is -2.40. The molecular weight excluding hydrogens is 463 g/mol. The van der Waals surface area contributed by atoms with Gasteiger partial charge in [-0.25, -0.2) is 0 Å². The predicted octanol–water partition coefficient (Wildman–Crippen LogP) is 7.98. The minimum absolute atomic E-state index is 0.0591. The van der Waals surface area contributed by atoms with Crippen molar-refractivity contribution >= 4 is 5.97 Å². The summed E-state index contributed by atoms with van der Waals surface area (Å²) in [6.45, 7) is 4.35. The molecule has 3 fully saturated rings. The summed E-state index contributed by atoms with van der Waals surface area (Å²) in [5, 5.41) is 0. The zero-order valence-corrected chi connectivity index (χ0v) is 21.9. The van der Waals surface area contributed by atoms with Crippen molar-refractivity contribution in [3.8, 4) is 0 Å². The number of carbonyl (C=O) groups is 1. The van der Waals surface area contributed by atoms with Crippen LogP contribution in [-0.4, -0.2) is 36.6 Å². The van der Waals surface area contributed by atoms with Gasteiger partial charge in [0.1, 0.15) is 0 Å². The maximum atomic E-state index is 13.3. The zero-order chi connectivity index (χ0) is 25.5. The summed E-state index contributed by atoms with van der Waals surface area (Å²) in [5.41, 5.74) is 0.334. The molecule has 0 bridgehead atoms. The predicted molar refractivity (Wildman–Crippen MR) is 137 cm³/mol. The average molecular weight is 508 g/mol. The highest BCUT2D eigenvalue weighted by molar-refractivity contribution is 5.70. The summed E-state index contributed by atoms with van der Waals surface area (Å²) >= 11 is 0. The van der Waals surface area contributed by atoms with E-state index >= 15 is 0 Å². The van der Waals surface area contributed by atoms with E-state index < -0.39 is 11.7 Å². The number of benzene rings is 1. The molecule has 0 amide bonds. The highest BCUT2D eigenvalue weighted by Crippen LogP contribution is 2.46. The van der Waals surface area contributed by atoms with E-state index in [2.05, 4.69) is 4.90 Å². The van der Waals surface area contributed by atoms with Crippen molar-refractivity contribution in [2.45, 2.75) is 109 Å². The number of hydrogen-bond donors (Lipinski definition) is 0. The molecule has 3 aliphatic carbocycles. The summed E-state index contributed by atoms with van der Waals surface area (Å²) < 4.78 is 45.1. The molecule has 3 atom stereocenters. The molecule has 1 aromatic carbocycles. The van der Waals surface area contributed by atoms with Crippen molar-refractivity contribution in [3.05, 3.63) is 35.4 Å². The van der Waals surface area contributed by atoms with Gasteiger partial charge in [-0.2, -0.15) is 13.2 Å². The third-order valence-electron chi connectivity index (χ3n) is 9.02. The molecule has 0 aliphatic heterocycles. The van der Waals surface area contributed by atoms with Crippen molar-refractivity contribution in [3.63, 3.8) is 0 Å². The molecule has 3 nitrogen and oxygen atoms in total. The van der Waals surface area contributed by atoms with Crippen molar-refractivity contribution in [1.29, 1.82) is 0 Å². The van der Waals surface area contributed by atoms with Crippen LogP contribution < -0.4 is 0 Å². The first-order valence-corrected chi connectivity index (χ1v) is 14.4. The molecular formula is C30H44F3NO2. The Labute approximate surface area is 215 Å². The smallest absolute Gasteiger partial charge is 0.416 e. The van der Waals surface area contributed by atoms with E-state index in [9.17, 15) is 18.0 Å². The number of ether oxygens (including phenoxy) is 1. The van der Waals surface area contributed by atoms with E-state index in [1.54, 1.807) is 12.1 Å². The summed E-state index contributed by atoms with van der Waals surface area (Å²) in [4.78, 5) is 15.2. The van der Waals surface area contributed by atoms with Crippen LogP contribution in [0.1, 0.15) is 107 Å². The Morgan fingerprint density at radius 1 is 0.861 bits per heavy atom. The van der Waals surface area contributed by atoms with Crippen LogP contribution in [0.5, 0.6) is 0 Å². The zero-order valence-electron chi connectivity index (χ0n) is 21.9. The maximum Gasteiger partial charge on any atom is 0.416 e. The largest absolute Gasteiger partial charge is 0.466 e. The summed E-state index contributed by atoms with van der Waals surface area (Å²) in [5.74, 6) is 1.39. The summed E-state index contributed by atoms with van der Waals surface area (Å²) in [7, 11) is 0. The van der Waals surface area contributed by atoms with E-state index in [4.69, 9.17) is 4.74 Å². The van der Waals surface area contributed by atoms with E-state index in [-0.39, 0.29) is 23.8 Å². The number of carbonyl (C=O) groups excluding carboxylic acids is 1. The fourth-order valence-corrected chi connectivity index (χ4v) is 7.27. The number of rotatable bonds is 9. The highest BCUT2D eigenvalue weighted by atomic mass is 19.4. The summed E-state index contributed by atoms with van der Waals surface area (Å²) in [6, 6.07) is 6.05. The lowest BCUT2D eigenvalue weighted by molar-refractivity contribution is -0.144. The van der Waals surface area contributed by atoms with Crippen LogP contribution in [0, 0.1) is 17.8 Å². The van der Waals surface area contributed by atoms with Gasteiger partial charge in [0.2, 0.25) is 0 Å². The molecule has 6 heteroatoms. The van der Waals surface area contributed by atoms with Crippen molar-refractivity contribution in [2.24, 2.45) is 17.8 Å². The first kappa shape index (κ1) is 27.5. The fourth-order valence-electron chi connectivity index (χ4n) is 7.27. The van der Waals surface area contributed by atoms with Crippen LogP contribution in [-0.2, 0) is 15.7 Å². The van der Waals surface area contributed by atoms with E-state index in [0.29, 0.717) is 24.9 Å². The second kappa shape index (κ2) is 12.8. The molecule has 3 aliphatic rings. The van der Waals surface area contributed by atoms with Crippen LogP contribution in [0.3, 0.4) is 0 Å². The maximum absolute atomic E-state index is 13.3. The molecule has 0 unspecified atom stereocenters. The molecule has 0 aromatic heterocycles. The van der Waals surface area contributed by atoms with Crippen molar-refractivity contribution in [2.75, 3.05) is 19.7 Å². The topological polar surface area (TPSA) is 29.5 Å². The highest BCUT2D eigenvalue weighted by Gasteiger charge is 2.42. The Balaban J connectivity index is 1.60. The Morgan fingerprint density at radius 3 is 1.92 bits per heavy atom. The molecule has 0 spiro atoms. The Morgan fingerprint density at radius 2 is 1.42 bits per heavy atom. The third kappa shape index (κ3) is 7.26. The van der Waals surface area contributed by atoms with E-state index in [1.165, 1.54) is 76.3 Å². The molecule has 0 radical (unpaired) electrons. The normalized spacial score (nSPS) is 26.4. The third-order valence-corrected chi connectivity index (χ3v) is 9.02. The molecule has 3 saturated carbocycles. The van der Waals surface area contributed by atoms with Crippen LogP contribution in [0.15, 0.2) is 24.3 Å². The van der Waals surface area contributed by atoms with Gasteiger partial charge in [0.15, 0.2) is 0 Å². The molecule has 36 heavy (non-hydrogen) atoms. The van der Waals surface area contributed by atoms with Crippen LogP contribution >= 0.6 is 0 Å². The van der Waals surface area contributed by atoms with Gasteiger partial charge in [-0.1, -0.05) is 50.7 Å². The number of halogens is 3. The second-order valence-electron chi connectivity index (χ2n) is 11.5. The molecule has 0 N–H and O–H groups in total. The standard InChI is InChI=1S/C30H44F3NO2/c1-2-36-28(35)19-25-15-18-27(29(25)24-13-16-26(17-14-24)30(31,32)33)34(20-22-9-5-3-6-10-22)21-23-11-7-4-8-12-23/h13-14,16-17,22-23,25,27,29H,2-12,15,18-21H2,1H3/t25-,27-,29-/m1/s1. The first-order valence-electron chi connectivity index (χ1n) is 14.4. The lowest BCUT2D eigenvalue weighted by Crippen LogP contribution is -2.44. The minimum atomic E-state index is -4.34. The van der Waals surface area contributed by atoms with Gasteiger partial charge in [0.25, 0.3) is 0 Å². The number of esters is 1. The van der Waals surface area contributed by atoms with E-state index in [1.807, 2.05) is 6.92 Å². The van der Waals surface area contributed by atoms with E-state index in [0.717, 1.165) is 31.5 Å². The van der Waals surface area contributed by atoms with Gasteiger partial charge in [0.05, 0.1) is 12.2 Å². The molecule has 0 heterocycles. The number of nitrogens with zero attached hydrogens (tertiary/aromatic N) is 1. The van der Waals surface area contributed by atoms with Gasteiger partial charge >= 0.3 is 12.1 Å². The quantitative estimate of drug-likeness (QED) is 0.317. The second-order valence-corrected chi connectivity index (χ2v) is 11.5. The lowest BCUT2D eigenvalue weighted by atomic mass is 9.82. The fraction of sp³-hybridized carbons (Fsp3) is 0.767. The van der Waals surface area contributed by atoms with Gasteiger partial charge in [0, 0.05) is 31.5 Å². The van der Waals surface area contributed by atoms with Crippen LogP contribution in [0.4, 0.5) is 13.2 Å². The number of alkyl halides is 3. The summed E-state index contributed by atoms with van der Waals surface area (Å²) in [6.07, 6.45) is 10.9. The molecule has 202 valence electrons. The van der Waals surface area contributed by atoms with Gasteiger partial charge in [-0.15, -0.1) is 0 Å². The van der Waals surface area contributed by atoms with Crippen LogP contribution in [0.25, 0.3) is 0 Å². The Bertz CT molecular complexity index is 792. The average Bonchev–Trinajstić information content (AvgIpc) is 3.28. The molecule has 4 rings (SSSR count). The first-order chi connectivity index (χ1) is 17.3. The van der Waals surface area contributed by atoms with Gasteiger partial charge < -0.3 is 4.74 Å². The van der Waals surface area contributed by atoms with Crippen LogP contribution in [0.2, 0.25) is 0 Å². The van der Waals surface area contributed by atoms with Gasteiger partial charge in [-0.3, -0.25) is 9.69 Å².